The summed E-state index contributed by atoms with van der Waals surface area (Å²) in [5.41, 5.74) is 18.5. The van der Waals surface area contributed by atoms with Crippen molar-refractivity contribution in [2.75, 3.05) is 63.3 Å². The van der Waals surface area contributed by atoms with Gasteiger partial charge < -0.3 is 104 Å². The van der Waals surface area contributed by atoms with E-state index in [-0.39, 0.29) is 135 Å². The number of aromatic amines is 1. The van der Waals surface area contributed by atoms with Crippen LogP contribution in [0.1, 0.15) is 168 Å². The lowest BCUT2D eigenvalue weighted by Crippen LogP contribution is -2.62. The van der Waals surface area contributed by atoms with Gasteiger partial charge in [-0.15, -0.1) is 0 Å². The molecule has 0 radical (unpaired) electrons. The first-order chi connectivity index (χ1) is 57.1. The Bertz CT molecular complexity index is 3970. The van der Waals surface area contributed by atoms with Crippen molar-refractivity contribution in [3.8, 4) is 0 Å². The fraction of sp³-hybridized carbons (Fsp3) is 0.675. The summed E-state index contributed by atoms with van der Waals surface area (Å²) in [6.45, 7) is 8.63. The number of hydrogen-bond acceptors (Lipinski definition) is 22. The van der Waals surface area contributed by atoms with Crippen molar-refractivity contribution in [2.45, 2.75) is 266 Å². The number of primary amides is 2. The smallest absolute Gasteiger partial charge is 0.326 e. The minimum atomic E-state index is -1.68. The molecule has 6 fully saturated rings. The second-order valence-electron chi connectivity index (χ2n) is 32.6. The standard InChI is InChI=1S/C80H121N19O19S2/c1-44(2)39-54(76(113)98-35-15-23-60(98)79(116)96-33-13-21-58(96)71(108)93-65(46(5)100)73(110)92-64(45(3)4)72(109)86-50(30-38-120-7)67(104)90-55(40-47-17-9-8-10-18-47)77(114)99-36-16-24-61(99)80(117)118)91-70(107)56-19-11-31-94(56)74(111)52(26-28-63(83)102)88-69(106)57-20-12-32-95(57)78(115)59-22-14-34-97(59)75(112)51(25-27-62(82)101)87-68(105)53(41-48-42-84-43-85-48)89-66(103)49(81)29-37-119-6/h8-10,17-18,42-46,49-61,64-65,100H,11-16,19-41,81H2,1-7H3,(H2,82,101)(H2,83,102)(H,84,85)(H,86,109)(H,87,105)(H,88,106)(H,89,103)(H,90,104)(H,91,107)(H,92,110)(H,93,108)(H,117,118)/t46-,49+,50+,51+,52+,53+,54+,55+,56+,57+,58+,59+,60+,61+,64+,65+/m1/s1. The number of likely N-dealkylation sites (tertiary alicyclic amines) is 6. The number of aromatic nitrogens is 2. The number of rotatable bonds is 43. The maximum atomic E-state index is 15.0. The molecular weight excluding hydrogens is 1600 g/mol. The molecule has 2 aromatic rings. The molecule has 0 unspecified atom stereocenters. The number of hydrogen-bond donors (Lipinski definition) is 14. The highest BCUT2D eigenvalue weighted by molar-refractivity contribution is 7.98. The Kier molecular flexibility index (Phi) is 36.3. The summed E-state index contributed by atoms with van der Waals surface area (Å²) in [6.07, 6.45) is 7.08. The Hall–Kier alpha value is -9.96. The fourth-order valence-corrected chi connectivity index (χ4v) is 17.5. The molecule has 38 nitrogen and oxygen atoms in total. The fourth-order valence-electron chi connectivity index (χ4n) is 16.5. The summed E-state index contributed by atoms with van der Waals surface area (Å²) in [5, 5.41) is 42.8. The minimum absolute atomic E-state index is 0.0148. The van der Waals surface area contributed by atoms with E-state index in [2.05, 4.69) is 52.5 Å². The number of carboxylic acid groups (broad SMARTS) is 1. The van der Waals surface area contributed by atoms with Crippen molar-refractivity contribution in [1.82, 2.24) is 81.9 Å². The molecule has 0 saturated carbocycles. The number of aliphatic hydroxyl groups is 1. The van der Waals surface area contributed by atoms with Gasteiger partial charge in [-0.05, 0) is 157 Å². The summed E-state index contributed by atoms with van der Waals surface area (Å²) in [7, 11) is 0. The molecule has 0 aliphatic carbocycles. The largest absolute Gasteiger partial charge is 0.480 e. The third kappa shape index (κ3) is 25.8. The Morgan fingerprint density at radius 3 is 1.35 bits per heavy atom. The molecule has 40 heteroatoms. The lowest BCUT2D eigenvalue weighted by atomic mass is 10.0. The number of amides is 16. The van der Waals surface area contributed by atoms with Crippen LogP contribution in [0.25, 0.3) is 0 Å². The van der Waals surface area contributed by atoms with Gasteiger partial charge >= 0.3 is 5.97 Å². The first-order valence-electron chi connectivity index (χ1n) is 41.6. The molecule has 16 amide bonds. The molecule has 17 N–H and O–H groups in total. The Balaban J connectivity index is 0.895. The molecule has 7 heterocycles. The molecule has 0 spiro atoms. The number of carbonyl (C=O) groups is 17. The number of H-pyrrole nitrogens is 1. The van der Waals surface area contributed by atoms with Crippen LogP contribution in [-0.4, -0.2) is 310 Å². The summed E-state index contributed by atoms with van der Waals surface area (Å²) in [4.78, 5) is 254. The molecule has 1 aromatic heterocycles. The maximum absolute atomic E-state index is 15.0. The molecule has 0 bridgehead atoms. The zero-order chi connectivity index (χ0) is 87.8. The van der Waals surface area contributed by atoms with E-state index in [1.807, 2.05) is 20.1 Å². The van der Waals surface area contributed by atoms with Crippen LogP contribution in [0.4, 0.5) is 0 Å². The number of imidazole rings is 1. The maximum Gasteiger partial charge on any atom is 0.326 e. The number of benzene rings is 1. The highest BCUT2D eigenvalue weighted by Crippen LogP contribution is 2.31. The van der Waals surface area contributed by atoms with E-state index in [0.29, 0.717) is 67.7 Å². The highest BCUT2D eigenvalue weighted by Gasteiger charge is 2.49. The topological polar surface area (TPSA) is 553 Å². The molecule has 120 heavy (non-hydrogen) atoms. The van der Waals surface area contributed by atoms with Gasteiger partial charge in [-0.3, -0.25) is 76.7 Å². The number of aliphatic hydroxyl groups excluding tert-OH is 1. The van der Waals surface area contributed by atoms with E-state index in [9.17, 15) is 86.9 Å². The first-order valence-corrected chi connectivity index (χ1v) is 44.4. The van der Waals surface area contributed by atoms with E-state index in [1.165, 1.54) is 72.4 Å². The SMILES string of the molecule is CSCC[C@H](NC(=O)[C@@H](NC(=O)[C@@H](NC(=O)[C@@H]1CCCN1C(=O)[C@@H]1CCCN1C(=O)[C@H](CC(C)C)NC(=O)[C@@H]1CCCN1C(=O)[C@H](CCC(N)=O)NC(=O)[C@@H]1CCCN1C(=O)[C@@H]1CCCN1C(=O)[C@H](CCC(N)=O)NC(=O)[C@H](Cc1cnc[nH]1)NC(=O)[C@@H](N)CCSC)[C@@H](C)O)C(C)C)C(=O)N[C@@H](Cc1ccccc1)C(=O)N1CCC[C@H]1C(=O)O. The molecule has 16 atom stereocenters. The highest BCUT2D eigenvalue weighted by atomic mass is 32.2. The molecule has 6 aliphatic heterocycles. The monoisotopic (exact) mass is 1720 g/mol. The average Bonchev–Trinajstić information content (AvgIpc) is 1.64. The van der Waals surface area contributed by atoms with Crippen molar-refractivity contribution < 1.29 is 91.7 Å². The first kappa shape index (κ1) is 95.5. The quantitative estimate of drug-likeness (QED) is 0.0328. The molecule has 8 rings (SSSR count). The van der Waals surface area contributed by atoms with Crippen molar-refractivity contribution in [3.05, 3.63) is 54.1 Å². The number of aliphatic carboxylic acids is 1. The van der Waals surface area contributed by atoms with Gasteiger partial charge in [0.1, 0.15) is 84.6 Å². The van der Waals surface area contributed by atoms with Gasteiger partial charge in [-0.25, -0.2) is 9.78 Å². The second kappa shape index (κ2) is 45.6. The number of carbonyl (C=O) groups excluding carboxylic acids is 16. The normalized spacial score (nSPS) is 21.6. The van der Waals surface area contributed by atoms with Crippen LogP contribution < -0.4 is 59.7 Å². The van der Waals surface area contributed by atoms with Crippen LogP contribution in [-0.2, 0) is 94.3 Å². The van der Waals surface area contributed by atoms with Gasteiger partial charge in [-0.2, -0.15) is 23.5 Å². The van der Waals surface area contributed by atoms with Crippen LogP contribution in [0.15, 0.2) is 42.9 Å². The molecule has 662 valence electrons. The van der Waals surface area contributed by atoms with Crippen LogP contribution >= 0.6 is 23.5 Å². The predicted molar refractivity (Wildman–Crippen MR) is 441 cm³/mol. The summed E-state index contributed by atoms with van der Waals surface area (Å²) < 4.78 is 0. The molecule has 6 aliphatic rings. The van der Waals surface area contributed by atoms with Crippen molar-refractivity contribution in [3.63, 3.8) is 0 Å². The van der Waals surface area contributed by atoms with E-state index in [1.54, 1.807) is 50.4 Å². The van der Waals surface area contributed by atoms with Crippen LogP contribution in [0.3, 0.4) is 0 Å². The van der Waals surface area contributed by atoms with Crippen LogP contribution in [0, 0.1) is 11.8 Å². The van der Waals surface area contributed by atoms with E-state index >= 15 is 4.79 Å². The van der Waals surface area contributed by atoms with Crippen molar-refractivity contribution in [1.29, 1.82) is 0 Å². The van der Waals surface area contributed by atoms with Gasteiger partial charge in [-0.1, -0.05) is 58.0 Å². The average molecular weight is 1720 g/mol. The van der Waals surface area contributed by atoms with E-state index < -0.39 is 203 Å². The number of nitrogens with two attached hydrogens (primary N) is 3. The Morgan fingerprint density at radius 1 is 0.458 bits per heavy atom. The van der Waals surface area contributed by atoms with Crippen molar-refractivity contribution in [2.24, 2.45) is 29.0 Å². The van der Waals surface area contributed by atoms with Gasteiger partial charge in [0.2, 0.25) is 94.5 Å². The van der Waals surface area contributed by atoms with Crippen LogP contribution in [0.5, 0.6) is 0 Å². The summed E-state index contributed by atoms with van der Waals surface area (Å²) in [6, 6.07) is -9.94. The number of carboxylic acids is 1. The number of nitrogens with zero attached hydrogens (tertiary/aromatic N) is 7. The summed E-state index contributed by atoms with van der Waals surface area (Å²) >= 11 is 2.87. The van der Waals surface area contributed by atoms with Gasteiger partial charge in [0.15, 0.2) is 0 Å². The molecule has 6 saturated heterocycles. The minimum Gasteiger partial charge on any atom is -0.480 e. The van der Waals surface area contributed by atoms with Gasteiger partial charge in [0.05, 0.1) is 18.5 Å². The Morgan fingerprint density at radius 2 is 0.867 bits per heavy atom. The van der Waals surface area contributed by atoms with Gasteiger partial charge in [0, 0.05) is 76.8 Å². The van der Waals surface area contributed by atoms with Crippen molar-refractivity contribution >= 4 is 124 Å². The zero-order valence-corrected chi connectivity index (χ0v) is 71.1. The molecule has 1 aromatic carbocycles. The Labute approximate surface area is 706 Å². The number of nitrogens with one attached hydrogen (secondary N) is 9. The lowest BCUT2D eigenvalue weighted by molar-refractivity contribution is -0.149. The second-order valence-corrected chi connectivity index (χ2v) is 34.6. The van der Waals surface area contributed by atoms with Gasteiger partial charge in [0.25, 0.3) is 0 Å². The van der Waals surface area contributed by atoms with E-state index in [4.69, 9.17) is 17.2 Å². The third-order valence-electron chi connectivity index (χ3n) is 22.9. The third-order valence-corrected chi connectivity index (χ3v) is 24.2. The lowest BCUT2D eigenvalue weighted by Gasteiger charge is -2.35. The summed E-state index contributed by atoms with van der Waals surface area (Å²) in [5.74, 6) is -12.8. The molecular formula is C80H121N19O19S2. The number of thioether (sulfide) groups is 2. The van der Waals surface area contributed by atoms with E-state index in [0.717, 1.165) is 0 Å². The zero-order valence-electron chi connectivity index (χ0n) is 69.5. The predicted octanol–water partition coefficient (Wildman–Crippen LogP) is -2.45. The van der Waals surface area contributed by atoms with Crippen LogP contribution in [0.2, 0.25) is 0 Å².